The first-order valence-corrected chi connectivity index (χ1v) is 9.19. The largest absolute Gasteiger partial charge is 0.496 e. The van der Waals surface area contributed by atoms with Crippen molar-refractivity contribution in [3.8, 4) is 28.7 Å². The molecule has 0 radical (unpaired) electrons. The molecular formula is C19H21N3O4S. The third kappa shape index (κ3) is 3.90. The van der Waals surface area contributed by atoms with Gasteiger partial charge in [0.15, 0.2) is 17.3 Å². The first kappa shape index (κ1) is 18.8. The van der Waals surface area contributed by atoms with Crippen molar-refractivity contribution in [2.45, 2.75) is 6.92 Å². The summed E-state index contributed by atoms with van der Waals surface area (Å²) in [4.78, 5) is 5.28. The number of aromatic nitrogens is 1. The summed E-state index contributed by atoms with van der Waals surface area (Å²) in [6, 6.07) is 7.32. The van der Waals surface area contributed by atoms with E-state index in [0.717, 1.165) is 21.8 Å². The summed E-state index contributed by atoms with van der Waals surface area (Å²) in [6.45, 7) is 2.64. The Bertz CT molecular complexity index is 987. The fourth-order valence-electron chi connectivity index (χ4n) is 2.52. The maximum absolute atomic E-state index is 5.52. The van der Waals surface area contributed by atoms with Crippen LogP contribution in [0.5, 0.6) is 17.2 Å². The molecule has 0 amide bonds. The molecule has 0 aliphatic carbocycles. The molecule has 2 aromatic heterocycles. The maximum atomic E-state index is 5.52. The number of furan rings is 1. The molecule has 0 fully saturated rings. The predicted molar refractivity (Wildman–Crippen MR) is 105 cm³/mol. The summed E-state index contributed by atoms with van der Waals surface area (Å²) >= 11 is 1.50. The van der Waals surface area contributed by atoms with E-state index in [-0.39, 0.29) is 0 Å². The van der Waals surface area contributed by atoms with Gasteiger partial charge in [-0.1, -0.05) is 0 Å². The first-order valence-electron chi connectivity index (χ1n) is 8.31. The molecule has 3 aromatic rings. The molecule has 0 saturated heterocycles. The zero-order chi connectivity index (χ0) is 19.2. The van der Waals surface area contributed by atoms with E-state index in [0.29, 0.717) is 23.8 Å². The number of hydrogen-bond acceptors (Lipinski definition) is 7. The Morgan fingerprint density at radius 3 is 2.48 bits per heavy atom. The summed E-state index contributed by atoms with van der Waals surface area (Å²) < 4.78 is 23.4. The number of hydrogen-bond donors (Lipinski definition) is 0. The van der Waals surface area contributed by atoms with Crippen LogP contribution in [-0.2, 0) is 0 Å². The molecule has 0 aliphatic rings. The van der Waals surface area contributed by atoms with E-state index in [9.17, 15) is 0 Å². The van der Waals surface area contributed by atoms with Crippen LogP contribution in [0.2, 0.25) is 0 Å². The van der Waals surface area contributed by atoms with Crippen LogP contribution in [0.1, 0.15) is 12.5 Å². The zero-order valence-electron chi connectivity index (χ0n) is 15.6. The van der Waals surface area contributed by atoms with Crippen molar-refractivity contribution in [1.29, 1.82) is 0 Å². The first-order chi connectivity index (χ1) is 13.2. The lowest BCUT2D eigenvalue weighted by atomic mass is 10.2. The molecule has 0 spiro atoms. The summed E-state index contributed by atoms with van der Waals surface area (Å²) in [5.41, 5.74) is 1.58. The van der Waals surface area contributed by atoms with Crippen molar-refractivity contribution in [3.05, 3.63) is 46.3 Å². The van der Waals surface area contributed by atoms with Gasteiger partial charge in [0.2, 0.25) is 4.80 Å². The monoisotopic (exact) mass is 387 g/mol. The van der Waals surface area contributed by atoms with Crippen LogP contribution < -0.4 is 19.0 Å². The van der Waals surface area contributed by atoms with Gasteiger partial charge in [-0.05, 0) is 25.1 Å². The van der Waals surface area contributed by atoms with Crippen molar-refractivity contribution in [3.63, 3.8) is 0 Å². The molecule has 0 bridgehead atoms. The number of methoxy groups -OCH3 is 3. The van der Waals surface area contributed by atoms with Crippen LogP contribution in [0.4, 0.5) is 0 Å². The van der Waals surface area contributed by atoms with Crippen LogP contribution in [0.3, 0.4) is 0 Å². The van der Waals surface area contributed by atoms with Gasteiger partial charge in [-0.25, -0.2) is 4.68 Å². The fourth-order valence-corrected chi connectivity index (χ4v) is 3.40. The van der Waals surface area contributed by atoms with E-state index in [1.54, 1.807) is 44.5 Å². The molecule has 0 N–H and O–H groups in total. The fraction of sp³-hybridized carbons (Fsp3) is 0.263. The molecule has 2 heterocycles. The third-order valence-electron chi connectivity index (χ3n) is 3.80. The number of thiazole rings is 1. The van der Waals surface area contributed by atoms with Crippen molar-refractivity contribution in [2.24, 2.45) is 10.1 Å². The SMILES string of the molecule is CCN=c1scc(-c2ccco2)n1N=Cc1cc(OC)c(OC)cc1OC. The Hall–Kier alpha value is -3.00. The summed E-state index contributed by atoms with van der Waals surface area (Å²) in [5, 5.41) is 6.59. The van der Waals surface area contributed by atoms with Gasteiger partial charge >= 0.3 is 0 Å². The Morgan fingerprint density at radius 2 is 1.85 bits per heavy atom. The average Bonchev–Trinajstić information content (AvgIpc) is 3.35. The van der Waals surface area contributed by atoms with Crippen LogP contribution in [0.25, 0.3) is 11.5 Å². The summed E-state index contributed by atoms with van der Waals surface area (Å²) in [6.07, 6.45) is 3.34. The highest BCUT2D eigenvalue weighted by atomic mass is 32.1. The molecule has 0 atom stereocenters. The topological polar surface area (TPSA) is 70.5 Å². The Balaban J connectivity index is 2.09. The van der Waals surface area contributed by atoms with Crippen LogP contribution in [-0.4, -0.2) is 38.8 Å². The third-order valence-corrected chi connectivity index (χ3v) is 4.65. The lowest BCUT2D eigenvalue weighted by Crippen LogP contribution is -2.12. The molecule has 0 unspecified atom stereocenters. The van der Waals surface area contributed by atoms with Crippen molar-refractivity contribution in [2.75, 3.05) is 27.9 Å². The van der Waals surface area contributed by atoms with Gasteiger partial charge in [0.05, 0.1) is 33.8 Å². The molecule has 27 heavy (non-hydrogen) atoms. The molecule has 8 heteroatoms. The van der Waals surface area contributed by atoms with Gasteiger partial charge in [0.1, 0.15) is 11.4 Å². The lowest BCUT2D eigenvalue weighted by Gasteiger charge is -2.11. The number of ether oxygens (including phenoxy) is 3. The Kier molecular flexibility index (Phi) is 5.97. The molecule has 0 saturated carbocycles. The van der Waals surface area contributed by atoms with Crippen LogP contribution >= 0.6 is 11.3 Å². The standard InChI is InChI=1S/C19H21N3O4S/c1-5-20-19-22(14(12-27-19)15-7-6-8-26-15)21-11-13-9-17(24-3)18(25-4)10-16(13)23-2/h6-12H,5H2,1-4H3. The van der Waals surface area contributed by atoms with Gasteiger partial charge in [-0.3, -0.25) is 4.99 Å². The summed E-state index contributed by atoms with van der Waals surface area (Å²) in [5.74, 6) is 2.54. The molecular weight excluding hydrogens is 366 g/mol. The van der Waals surface area contributed by atoms with Crippen molar-refractivity contribution in [1.82, 2.24) is 4.68 Å². The van der Waals surface area contributed by atoms with Crippen molar-refractivity contribution >= 4 is 17.6 Å². The van der Waals surface area contributed by atoms with E-state index in [2.05, 4.69) is 10.1 Å². The van der Waals surface area contributed by atoms with Gasteiger partial charge in [0, 0.05) is 23.6 Å². The highest BCUT2D eigenvalue weighted by Gasteiger charge is 2.12. The van der Waals surface area contributed by atoms with E-state index in [4.69, 9.17) is 18.6 Å². The van der Waals surface area contributed by atoms with Gasteiger partial charge in [-0.15, -0.1) is 11.3 Å². The highest BCUT2D eigenvalue weighted by Crippen LogP contribution is 2.33. The van der Waals surface area contributed by atoms with Crippen molar-refractivity contribution < 1.29 is 18.6 Å². The molecule has 1 aromatic carbocycles. The maximum Gasteiger partial charge on any atom is 0.206 e. The van der Waals surface area contributed by atoms with Gasteiger partial charge < -0.3 is 18.6 Å². The lowest BCUT2D eigenvalue weighted by molar-refractivity contribution is 0.349. The minimum Gasteiger partial charge on any atom is -0.496 e. The smallest absolute Gasteiger partial charge is 0.206 e. The zero-order valence-corrected chi connectivity index (χ0v) is 16.4. The number of benzene rings is 1. The van der Waals surface area contributed by atoms with Gasteiger partial charge in [0.25, 0.3) is 0 Å². The van der Waals surface area contributed by atoms with E-state index < -0.39 is 0 Å². The minimum absolute atomic E-state index is 0.590. The predicted octanol–water partition coefficient (Wildman–Crippen LogP) is 3.64. The van der Waals surface area contributed by atoms with Crippen LogP contribution in [0.15, 0.2) is 50.4 Å². The van der Waals surface area contributed by atoms with Crippen LogP contribution in [0, 0.1) is 0 Å². The minimum atomic E-state index is 0.590. The van der Waals surface area contributed by atoms with E-state index in [1.807, 2.05) is 30.5 Å². The normalized spacial score (nSPS) is 11.9. The Labute approximate surface area is 161 Å². The molecule has 7 nitrogen and oxygen atoms in total. The second kappa shape index (κ2) is 8.59. The highest BCUT2D eigenvalue weighted by molar-refractivity contribution is 7.07. The Morgan fingerprint density at radius 1 is 1.11 bits per heavy atom. The average molecular weight is 387 g/mol. The number of nitrogens with zero attached hydrogens (tertiary/aromatic N) is 3. The van der Waals surface area contributed by atoms with E-state index >= 15 is 0 Å². The second-order valence-electron chi connectivity index (χ2n) is 5.36. The number of rotatable bonds is 7. The molecule has 3 rings (SSSR count). The van der Waals surface area contributed by atoms with Gasteiger partial charge in [-0.2, -0.15) is 5.10 Å². The quantitative estimate of drug-likeness (QED) is 0.581. The van der Waals surface area contributed by atoms with E-state index in [1.165, 1.54) is 11.3 Å². The summed E-state index contributed by atoms with van der Waals surface area (Å²) in [7, 11) is 4.77. The molecule has 142 valence electrons. The second-order valence-corrected chi connectivity index (χ2v) is 6.20. The molecule has 0 aliphatic heterocycles.